The van der Waals surface area contributed by atoms with Crippen molar-refractivity contribution in [2.75, 3.05) is 32.8 Å². The third kappa shape index (κ3) is 3.91. The maximum Gasteiger partial charge on any atom is 0.295 e. The lowest BCUT2D eigenvalue weighted by molar-refractivity contribution is -0.140. The van der Waals surface area contributed by atoms with Gasteiger partial charge in [-0.05, 0) is 54.9 Å². The van der Waals surface area contributed by atoms with E-state index < -0.39 is 17.7 Å². The van der Waals surface area contributed by atoms with Crippen molar-refractivity contribution < 1.29 is 19.4 Å². The number of carbonyl (C=O) groups is 2. The highest BCUT2D eigenvalue weighted by molar-refractivity contribution is 6.46. The van der Waals surface area contributed by atoms with E-state index in [0.29, 0.717) is 25.3 Å². The van der Waals surface area contributed by atoms with Gasteiger partial charge in [0.1, 0.15) is 11.5 Å². The summed E-state index contributed by atoms with van der Waals surface area (Å²) in [6.07, 6.45) is 0.760. The summed E-state index contributed by atoms with van der Waals surface area (Å²) in [7, 11) is 0. The largest absolute Gasteiger partial charge is 0.507 e. The second-order valence-electron chi connectivity index (χ2n) is 8.30. The van der Waals surface area contributed by atoms with Crippen LogP contribution in [0.25, 0.3) is 5.76 Å². The van der Waals surface area contributed by atoms with E-state index in [1.165, 1.54) is 0 Å². The molecular weight excluding hydrogens is 404 g/mol. The van der Waals surface area contributed by atoms with Gasteiger partial charge in [0.15, 0.2) is 0 Å². The van der Waals surface area contributed by atoms with Crippen LogP contribution in [0.15, 0.2) is 48.0 Å². The third-order valence-electron chi connectivity index (χ3n) is 6.54. The smallest absolute Gasteiger partial charge is 0.295 e. The monoisotopic (exact) mass is 434 g/mol. The predicted molar refractivity (Wildman–Crippen MR) is 124 cm³/mol. The number of fused-ring (bicyclic) bond motifs is 1. The SMILES string of the molecule is CCN(CC)CCN1C(=O)C(=O)/C(=C(/O)c2ccc3c(c2)CCO3)C1c1ccccc1C. The molecule has 2 aromatic rings. The van der Waals surface area contributed by atoms with E-state index in [1.807, 2.05) is 43.3 Å². The molecule has 1 N–H and O–H groups in total. The highest BCUT2D eigenvalue weighted by Gasteiger charge is 2.46. The number of likely N-dealkylation sites (tertiary alicyclic amines) is 1. The van der Waals surface area contributed by atoms with Crippen LogP contribution in [0.4, 0.5) is 0 Å². The van der Waals surface area contributed by atoms with Crippen molar-refractivity contribution in [3.8, 4) is 5.75 Å². The van der Waals surface area contributed by atoms with Crippen LogP contribution in [0.3, 0.4) is 0 Å². The number of aliphatic hydroxyl groups excluding tert-OH is 1. The minimum Gasteiger partial charge on any atom is -0.507 e. The second kappa shape index (κ2) is 9.17. The number of likely N-dealkylation sites (N-methyl/N-ethyl adjacent to an activating group) is 1. The zero-order valence-corrected chi connectivity index (χ0v) is 18.9. The molecule has 1 saturated heterocycles. The first kappa shape index (κ1) is 22.1. The van der Waals surface area contributed by atoms with Gasteiger partial charge in [-0.1, -0.05) is 38.1 Å². The van der Waals surface area contributed by atoms with Gasteiger partial charge in [-0.15, -0.1) is 0 Å². The Kier molecular flexibility index (Phi) is 6.33. The summed E-state index contributed by atoms with van der Waals surface area (Å²) in [6, 6.07) is 12.5. The molecule has 2 aliphatic rings. The van der Waals surface area contributed by atoms with E-state index in [1.54, 1.807) is 11.0 Å². The van der Waals surface area contributed by atoms with Crippen molar-refractivity contribution in [2.24, 2.45) is 0 Å². The average molecular weight is 435 g/mol. The molecule has 1 unspecified atom stereocenters. The number of hydrogen-bond donors (Lipinski definition) is 1. The summed E-state index contributed by atoms with van der Waals surface area (Å²) in [6.45, 7) is 9.55. The lowest BCUT2D eigenvalue weighted by Crippen LogP contribution is -2.38. The zero-order valence-electron chi connectivity index (χ0n) is 18.9. The van der Waals surface area contributed by atoms with Crippen LogP contribution in [0.1, 0.15) is 42.1 Å². The average Bonchev–Trinajstić information content (AvgIpc) is 3.37. The second-order valence-corrected chi connectivity index (χ2v) is 8.30. The highest BCUT2D eigenvalue weighted by Crippen LogP contribution is 2.41. The van der Waals surface area contributed by atoms with Gasteiger partial charge in [-0.25, -0.2) is 0 Å². The zero-order chi connectivity index (χ0) is 22.8. The van der Waals surface area contributed by atoms with E-state index in [-0.39, 0.29) is 11.3 Å². The van der Waals surface area contributed by atoms with E-state index in [9.17, 15) is 14.7 Å². The number of aliphatic hydroxyl groups is 1. The number of aryl methyl sites for hydroxylation is 1. The van der Waals surface area contributed by atoms with Crippen molar-refractivity contribution in [2.45, 2.75) is 33.2 Å². The van der Waals surface area contributed by atoms with Gasteiger partial charge in [0, 0.05) is 25.1 Å². The van der Waals surface area contributed by atoms with E-state index >= 15 is 0 Å². The highest BCUT2D eigenvalue weighted by atomic mass is 16.5. The van der Waals surface area contributed by atoms with E-state index in [0.717, 1.165) is 42.0 Å². The Morgan fingerprint density at radius 1 is 1.16 bits per heavy atom. The van der Waals surface area contributed by atoms with Gasteiger partial charge in [-0.3, -0.25) is 9.59 Å². The number of rotatable bonds is 7. The van der Waals surface area contributed by atoms with Crippen LogP contribution >= 0.6 is 0 Å². The fourth-order valence-corrected chi connectivity index (χ4v) is 4.61. The fourth-order valence-electron chi connectivity index (χ4n) is 4.61. The van der Waals surface area contributed by atoms with Crippen LogP contribution < -0.4 is 4.74 Å². The Balaban J connectivity index is 1.80. The van der Waals surface area contributed by atoms with Crippen LogP contribution in [0.2, 0.25) is 0 Å². The minimum absolute atomic E-state index is 0.128. The number of ether oxygens (including phenoxy) is 1. The molecular formula is C26H30N2O4. The van der Waals surface area contributed by atoms with Gasteiger partial charge in [-0.2, -0.15) is 0 Å². The van der Waals surface area contributed by atoms with Crippen LogP contribution in [0.5, 0.6) is 5.75 Å². The molecule has 168 valence electrons. The lowest BCUT2D eigenvalue weighted by Gasteiger charge is -2.29. The number of Topliss-reactive ketones (excluding diaryl/α,β-unsaturated/α-hetero) is 1. The van der Waals surface area contributed by atoms with Crippen molar-refractivity contribution in [3.05, 3.63) is 70.3 Å². The molecule has 1 amide bonds. The predicted octanol–water partition coefficient (Wildman–Crippen LogP) is 3.69. The molecule has 0 aromatic heterocycles. The molecule has 0 bridgehead atoms. The Morgan fingerprint density at radius 3 is 2.62 bits per heavy atom. The molecule has 6 heteroatoms. The van der Waals surface area contributed by atoms with Gasteiger partial charge in [0.05, 0.1) is 18.2 Å². The molecule has 32 heavy (non-hydrogen) atoms. The molecule has 0 saturated carbocycles. The number of carbonyl (C=O) groups excluding carboxylic acids is 2. The summed E-state index contributed by atoms with van der Waals surface area (Å²) in [4.78, 5) is 30.1. The Morgan fingerprint density at radius 2 is 1.91 bits per heavy atom. The summed E-state index contributed by atoms with van der Waals surface area (Å²) in [5, 5.41) is 11.3. The van der Waals surface area contributed by atoms with Crippen LogP contribution in [-0.4, -0.2) is 59.4 Å². The molecule has 2 aromatic carbocycles. The third-order valence-corrected chi connectivity index (χ3v) is 6.54. The molecule has 2 heterocycles. The van der Waals surface area contributed by atoms with Crippen LogP contribution in [-0.2, 0) is 16.0 Å². The standard InChI is InChI=1S/C26H30N2O4/c1-4-27(5-2)13-14-28-23(20-9-7-6-8-17(20)3)22(25(30)26(28)31)24(29)19-10-11-21-18(16-19)12-15-32-21/h6-11,16,23,29H,4-5,12-15H2,1-3H3/b24-22+. The summed E-state index contributed by atoms with van der Waals surface area (Å²) in [5.41, 5.74) is 3.52. The maximum atomic E-state index is 13.2. The Hall–Kier alpha value is -3.12. The van der Waals surface area contributed by atoms with E-state index in [2.05, 4.69) is 18.7 Å². The first-order valence-electron chi connectivity index (χ1n) is 11.3. The van der Waals surface area contributed by atoms with Crippen molar-refractivity contribution >= 4 is 17.4 Å². The number of ketones is 1. The van der Waals surface area contributed by atoms with Crippen molar-refractivity contribution in [1.82, 2.24) is 9.80 Å². The molecule has 1 fully saturated rings. The first-order chi connectivity index (χ1) is 15.5. The Labute approximate surface area is 189 Å². The first-order valence-corrected chi connectivity index (χ1v) is 11.3. The molecule has 1 atom stereocenters. The fraction of sp³-hybridized carbons (Fsp3) is 0.385. The van der Waals surface area contributed by atoms with Crippen molar-refractivity contribution in [3.63, 3.8) is 0 Å². The Bertz CT molecular complexity index is 1070. The number of hydrogen-bond acceptors (Lipinski definition) is 5. The topological polar surface area (TPSA) is 70.1 Å². The van der Waals surface area contributed by atoms with E-state index in [4.69, 9.17) is 4.74 Å². The van der Waals surface area contributed by atoms with Crippen molar-refractivity contribution in [1.29, 1.82) is 0 Å². The molecule has 4 rings (SSSR count). The molecule has 6 nitrogen and oxygen atoms in total. The number of benzene rings is 2. The summed E-state index contributed by atoms with van der Waals surface area (Å²) < 4.78 is 5.56. The minimum atomic E-state index is -0.632. The van der Waals surface area contributed by atoms with Gasteiger partial charge in [0.2, 0.25) is 0 Å². The maximum absolute atomic E-state index is 13.2. The van der Waals surface area contributed by atoms with Gasteiger partial charge < -0.3 is 19.6 Å². The molecule has 2 aliphatic heterocycles. The number of nitrogens with zero attached hydrogens (tertiary/aromatic N) is 2. The molecule has 0 aliphatic carbocycles. The number of amides is 1. The van der Waals surface area contributed by atoms with Gasteiger partial charge >= 0.3 is 0 Å². The molecule has 0 spiro atoms. The summed E-state index contributed by atoms with van der Waals surface area (Å²) in [5.74, 6) is -0.517. The normalized spacial score (nSPS) is 19.5. The molecule has 0 radical (unpaired) electrons. The lowest BCUT2D eigenvalue weighted by atomic mass is 9.92. The quantitative estimate of drug-likeness (QED) is 0.409. The van der Waals surface area contributed by atoms with Gasteiger partial charge in [0.25, 0.3) is 11.7 Å². The summed E-state index contributed by atoms with van der Waals surface area (Å²) >= 11 is 0. The van der Waals surface area contributed by atoms with Crippen LogP contribution in [0, 0.1) is 6.92 Å².